The fraction of sp³-hybridized carbons (Fsp3) is 0.875. The molecule has 0 spiro atoms. The van der Waals surface area contributed by atoms with E-state index < -0.39 is 16.0 Å². The molecule has 0 aliphatic carbocycles. The second-order valence-corrected chi connectivity index (χ2v) is 5.25. The van der Waals surface area contributed by atoms with E-state index in [0.717, 1.165) is 0 Å². The Morgan fingerprint density at radius 2 is 2.00 bits per heavy atom. The number of nitrogens with one attached hydrogen (secondary N) is 1. The van der Waals surface area contributed by atoms with Gasteiger partial charge in [-0.05, 0) is 5.92 Å². The molecule has 0 aliphatic heterocycles. The summed E-state index contributed by atoms with van der Waals surface area (Å²) in [7, 11) is -1.97. The molecule has 0 saturated heterocycles. The molecular formula is C8H17NO4S. The molecule has 0 aromatic heterocycles. The van der Waals surface area contributed by atoms with Crippen LogP contribution in [0.5, 0.6) is 0 Å². The lowest BCUT2D eigenvalue weighted by Crippen LogP contribution is -2.30. The predicted octanol–water partition coefficient (Wildman–Crippen LogP) is 0.125. The van der Waals surface area contributed by atoms with Gasteiger partial charge in [-0.2, -0.15) is 0 Å². The molecule has 5 nitrogen and oxygen atoms in total. The van der Waals surface area contributed by atoms with Crippen molar-refractivity contribution in [2.24, 2.45) is 5.92 Å². The molecule has 14 heavy (non-hydrogen) atoms. The number of rotatable bonds is 6. The molecular weight excluding hydrogens is 206 g/mol. The van der Waals surface area contributed by atoms with Gasteiger partial charge in [-0.1, -0.05) is 13.8 Å². The Balaban J connectivity index is 3.83. The monoisotopic (exact) mass is 223 g/mol. The van der Waals surface area contributed by atoms with Crippen LogP contribution in [-0.2, 0) is 19.6 Å². The van der Waals surface area contributed by atoms with Crippen LogP contribution < -0.4 is 4.72 Å². The first-order valence-electron chi connectivity index (χ1n) is 4.41. The Morgan fingerprint density at radius 3 is 2.43 bits per heavy atom. The zero-order valence-electron chi connectivity index (χ0n) is 8.74. The largest absolute Gasteiger partial charge is 0.469 e. The summed E-state index contributed by atoms with van der Waals surface area (Å²) >= 11 is 0. The number of methoxy groups -OCH3 is 1. The molecule has 0 unspecified atom stereocenters. The van der Waals surface area contributed by atoms with Crippen molar-refractivity contribution < 1.29 is 17.9 Å². The minimum Gasteiger partial charge on any atom is -0.469 e. The number of sulfonamides is 1. The first-order valence-corrected chi connectivity index (χ1v) is 6.06. The van der Waals surface area contributed by atoms with Crippen LogP contribution >= 0.6 is 0 Å². The summed E-state index contributed by atoms with van der Waals surface area (Å²) < 4.78 is 29.2. The standard InChI is InChI=1S/C8H17NO4S/c1-7(2)6-14(11,12)9-5-4-8(10)13-3/h7,9H,4-6H2,1-3H3. The van der Waals surface area contributed by atoms with Crippen molar-refractivity contribution >= 4 is 16.0 Å². The maximum absolute atomic E-state index is 11.2. The summed E-state index contributed by atoms with van der Waals surface area (Å²) in [6.07, 6.45) is 0.0633. The summed E-state index contributed by atoms with van der Waals surface area (Å²) in [5.41, 5.74) is 0. The van der Waals surface area contributed by atoms with E-state index in [1.807, 2.05) is 13.8 Å². The van der Waals surface area contributed by atoms with E-state index in [0.29, 0.717) is 0 Å². The molecule has 0 atom stereocenters. The maximum atomic E-state index is 11.2. The molecule has 0 rings (SSSR count). The Morgan fingerprint density at radius 1 is 1.43 bits per heavy atom. The minimum absolute atomic E-state index is 0.0633. The zero-order valence-corrected chi connectivity index (χ0v) is 9.56. The lowest BCUT2D eigenvalue weighted by molar-refractivity contribution is -0.140. The van der Waals surface area contributed by atoms with Crippen LogP contribution in [-0.4, -0.2) is 33.8 Å². The van der Waals surface area contributed by atoms with Crippen molar-refractivity contribution in [2.45, 2.75) is 20.3 Å². The van der Waals surface area contributed by atoms with Gasteiger partial charge in [0.05, 0.1) is 19.3 Å². The van der Waals surface area contributed by atoms with E-state index >= 15 is 0 Å². The lowest BCUT2D eigenvalue weighted by Gasteiger charge is -2.07. The first kappa shape index (κ1) is 13.4. The van der Waals surface area contributed by atoms with Gasteiger partial charge in [-0.25, -0.2) is 13.1 Å². The smallest absolute Gasteiger partial charge is 0.306 e. The normalized spacial score (nSPS) is 11.7. The zero-order chi connectivity index (χ0) is 11.2. The molecule has 0 bridgehead atoms. The molecule has 0 radical (unpaired) electrons. The average molecular weight is 223 g/mol. The Bertz CT molecular complexity index is 271. The summed E-state index contributed by atoms with van der Waals surface area (Å²) in [4.78, 5) is 10.7. The molecule has 0 aromatic rings. The lowest BCUT2D eigenvalue weighted by atomic mass is 10.3. The second kappa shape index (κ2) is 5.98. The van der Waals surface area contributed by atoms with Gasteiger partial charge in [0.1, 0.15) is 0 Å². The molecule has 1 N–H and O–H groups in total. The Labute approximate surface area is 84.9 Å². The van der Waals surface area contributed by atoms with Gasteiger partial charge in [-0.3, -0.25) is 4.79 Å². The topological polar surface area (TPSA) is 72.5 Å². The van der Waals surface area contributed by atoms with Crippen molar-refractivity contribution in [1.82, 2.24) is 4.72 Å². The van der Waals surface area contributed by atoms with Crippen LogP contribution in [0.1, 0.15) is 20.3 Å². The van der Waals surface area contributed by atoms with Gasteiger partial charge in [0, 0.05) is 6.54 Å². The number of carbonyl (C=O) groups is 1. The van der Waals surface area contributed by atoms with Gasteiger partial charge < -0.3 is 4.74 Å². The third kappa shape index (κ3) is 6.85. The molecule has 0 aromatic carbocycles. The van der Waals surface area contributed by atoms with Crippen LogP contribution in [0.4, 0.5) is 0 Å². The Kier molecular flexibility index (Phi) is 5.71. The summed E-state index contributed by atoms with van der Waals surface area (Å²) in [6.45, 7) is 3.74. The van der Waals surface area contributed by atoms with E-state index in [4.69, 9.17) is 0 Å². The van der Waals surface area contributed by atoms with Gasteiger partial charge in [0.15, 0.2) is 0 Å². The number of ether oxygens (including phenoxy) is 1. The highest BCUT2D eigenvalue weighted by Crippen LogP contribution is 1.97. The van der Waals surface area contributed by atoms with E-state index in [-0.39, 0.29) is 24.6 Å². The second-order valence-electron chi connectivity index (χ2n) is 3.40. The third-order valence-corrected chi connectivity index (χ3v) is 3.18. The van der Waals surface area contributed by atoms with E-state index in [9.17, 15) is 13.2 Å². The van der Waals surface area contributed by atoms with Crippen molar-refractivity contribution in [3.05, 3.63) is 0 Å². The van der Waals surface area contributed by atoms with Gasteiger partial charge in [0.2, 0.25) is 10.0 Å². The fourth-order valence-electron chi connectivity index (χ4n) is 0.908. The highest BCUT2D eigenvalue weighted by Gasteiger charge is 2.12. The predicted molar refractivity (Wildman–Crippen MR) is 53.3 cm³/mol. The van der Waals surface area contributed by atoms with Gasteiger partial charge >= 0.3 is 5.97 Å². The van der Waals surface area contributed by atoms with Crippen molar-refractivity contribution in [1.29, 1.82) is 0 Å². The highest BCUT2D eigenvalue weighted by atomic mass is 32.2. The maximum Gasteiger partial charge on any atom is 0.306 e. The fourth-order valence-corrected chi connectivity index (χ4v) is 2.32. The molecule has 6 heteroatoms. The number of hydrogen-bond acceptors (Lipinski definition) is 4. The van der Waals surface area contributed by atoms with E-state index in [1.54, 1.807) is 0 Å². The molecule has 0 heterocycles. The molecule has 0 saturated carbocycles. The molecule has 0 aliphatic rings. The quantitative estimate of drug-likeness (QED) is 0.649. The number of carbonyl (C=O) groups excluding carboxylic acids is 1. The summed E-state index contributed by atoms with van der Waals surface area (Å²) in [5, 5.41) is 0. The van der Waals surface area contributed by atoms with Crippen LogP contribution in [0.25, 0.3) is 0 Å². The minimum atomic E-state index is -3.24. The highest BCUT2D eigenvalue weighted by molar-refractivity contribution is 7.89. The van der Waals surface area contributed by atoms with Crippen LogP contribution in [0.3, 0.4) is 0 Å². The Hall–Kier alpha value is -0.620. The van der Waals surface area contributed by atoms with Gasteiger partial charge in [0.25, 0.3) is 0 Å². The SMILES string of the molecule is COC(=O)CCNS(=O)(=O)CC(C)C. The number of esters is 1. The first-order chi connectivity index (χ1) is 6.37. The number of hydrogen-bond donors (Lipinski definition) is 1. The third-order valence-electron chi connectivity index (χ3n) is 1.43. The van der Waals surface area contributed by atoms with Crippen LogP contribution in [0.2, 0.25) is 0 Å². The van der Waals surface area contributed by atoms with Gasteiger partial charge in [-0.15, -0.1) is 0 Å². The molecule has 84 valence electrons. The molecule has 0 fully saturated rings. The van der Waals surface area contributed by atoms with Crippen molar-refractivity contribution in [3.63, 3.8) is 0 Å². The van der Waals surface area contributed by atoms with Crippen LogP contribution in [0.15, 0.2) is 0 Å². The van der Waals surface area contributed by atoms with E-state index in [2.05, 4.69) is 9.46 Å². The van der Waals surface area contributed by atoms with E-state index in [1.165, 1.54) is 7.11 Å². The van der Waals surface area contributed by atoms with Crippen molar-refractivity contribution in [3.8, 4) is 0 Å². The molecule has 0 amide bonds. The van der Waals surface area contributed by atoms with Crippen LogP contribution in [0, 0.1) is 5.92 Å². The summed E-state index contributed by atoms with van der Waals surface area (Å²) in [5.74, 6) is -0.267. The van der Waals surface area contributed by atoms with Crippen molar-refractivity contribution in [2.75, 3.05) is 19.4 Å². The average Bonchev–Trinajstić information content (AvgIpc) is 2.01. The summed E-state index contributed by atoms with van der Waals surface area (Å²) in [6, 6.07) is 0.